The second-order valence-corrected chi connectivity index (χ2v) is 7.34. The second kappa shape index (κ2) is 2.32. The Morgan fingerprint density at radius 1 is 1.00 bits per heavy atom. The van der Waals surface area contributed by atoms with Crippen LogP contribution < -0.4 is 0 Å². The largest absolute Gasteiger partial charge is 0.353 e. The zero-order chi connectivity index (χ0) is 10.8. The van der Waals surface area contributed by atoms with Gasteiger partial charge in [-0.1, -0.05) is 6.08 Å². The molecule has 6 rings (SSSR count). The fraction of sp³-hybridized carbons (Fsp3) is 0.867. The van der Waals surface area contributed by atoms with Crippen molar-refractivity contribution in [2.45, 2.75) is 68.7 Å². The normalized spacial score (nSPS) is 61.3. The van der Waals surface area contributed by atoms with Gasteiger partial charge in [-0.2, -0.15) is 0 Å². The molecule has 5 fully saturated rings. The zero-order valence-corrected chi connectivity index (χ0v) is 10.3. The van der Waals surface area contributed by atoms with Gasteiger partial charge in [0, 0.05) is 29.7 Å². The van der Waals surface area contributed by atoms with Crippen LogP contribution in [0.1, 0.15) is 44.9 Å². The Balaban J connectivity index is 1.63. The van der Waals surface area contributed by atoms with Crippen LogP contribution in [0, 0.1) is 11.8 Å². The van der Waals surface area contributed by atoms with E-state index in [9.17, 15) is 0 Å². The highest BCUT2D eigenvalue weighted by Gasteiger charge is 2.74. The average molecular weight is 228 g/mol. The Labute approximate surface area is 103 Å². The Kier molecular flexibility index (Phi) is 1.17. The Morgan fingerprint density at radius 3 is 2.65 bits per heavy atom. The van der Waals surface area contributed by atoms with Crippen LogP contribution in [-0.2, 0) is 0 Å². The molecule has 0 aromatic heterocycles. The number of hydrogen-bond donors (Lipinski definition) is 0. The Morgan fingerprint density at radius 2 is 1.76 bits per heavy atom. The van der Waals surface area contributed by atoms with E-state index in [0.29, 0.717) is 5.66 Å². The molecular formula is C15H20N2. The molecule has 0 amide bonds. The SMILES string of the molecule is C1=C2CC3CC4CCC5CC6CC(C1)N2[C@]36N45. The first-order valence-electron chi connectivity index (χ1n) is 7.66. The lowest BCUT2D eigenvalue weighted by Crippen LogP contribution is -2.54. The highest BCUT2D eigenvalue weighted by molar-refractivity contribution is 5.35. The minimum absolute atomic E-state index is 0.554. The van der Waals surface area contributed by atoms with Gasteiger partial charge in [0.2, 0.25) is 0 Å². The van der Waals surface area contributed by atoms with Gasteiger partial charge in [0.1, 0.15) is 5.66 Å². The van der Waals surface area contributed by atoms with E-state index < -0.39 is 0 Å². The quantitative estimate of drug-likeness (QED) is 0.628. The summed E-state index contributed by atoms with van der Waals surface area (Å²) in [4.78, 5) is 5.97. The molecule has 0 saturated carbocycles. The van der Waals surface area contributed by atoms with Crippen molar-refractivity contribution < 1.29 is 0 Å². The molecule has 0 aliphatic carbocycles. The maximum Gasteiger partial charge on any atom is 0.100 e. The van der Waals surface area contributed by atoms with Gasteiger partial charge in [-0.3, -0.25) is 4.90 Å². The topological polar surface area (TPSA) is 6.48 Å². The van der Waals surface area contributed by atoms with Crippen molar-refractivity contribution in [3.63, 3.8) is 0 Å². The minimum Gasteiger partial charge on any atom is -0.353 e. The van der Waals surface area contributed by atoms with Gasteiger partial charge < -0.3 is 4.90 Å². The molecule has 0 aromatic rings. The monoisotopic (exact) mass is 228 g/mol. The molecule has 17 heavy (non-hydrogen) atoms. The molecule has 2 heteroatoms. The molecule has 6 heterocycles. The molecule has 6 atom stereocenters. The van der Waals surface area contributed by atoms with Crippen LogP contribution in [0.5, 0.6) is 0 Å². The Hall–Kier alpha value is -0.500. The van der Waals surface area contributed by atoms with E-state index in [0.717, 1.165) is 30.0 Å². The van der Waals surface area contributed by atoms with Gasteiger partial charge in [0.15, 0.2) is 0 Å². The van der Waals surface area contributed by atoms with E-state index in [2.05, 4.69) is 15.9 Å². The van der Waals surface area contributed by atoms with Crippen LogP contribution in [0.3, 0.4) is 0 Å². The molecule has 0 bridgehead atoms. The lowest BCUT2D eigenvalue weighted by atomic mass is 9.84. The lowest BCUT2D eigenvalue weighted by molar-refractivity contribution is 0.00792. The van der Waals surface area contributed by atoms with E-state index >= 15 is 0 Å². The van der Waals surface area contributed by atoms with Crippen LogP contribution in [-0.4, -0.2) is 33.6 Å². The molecule has 5 unspecified atom stereocenters. The van der Waals surface area contributed by atoms with E-state index in [-0.39, 0.29) is 0 Å². The third-order valence-corrected chi connectivity index (χ3v) is 7.05. The van der Waals surface area contributed by atoms with Crippen LogP contribution in [0.25, 0.3) is 0 Å². The number of allylic oxidation sites excluding steroid dienone is 1. The van der Waals surface area contributed by atoms with Gasteiger partial charge in [-0.05, 0) is 50.9 Å². The van der Waals surface area contributed by atoms with Crippen LogP contribution >= 0.6 is 0 Å². The first-order chi connectivity index (χ1) is 8.39. The van der Waals surface area contributed by atoms with Crippen LogP contribution in [0.15, 0.2) is 11.8 Å². The van der Waals surface area contributed by atoms with Gasteiger partial charge >= 0.3 is 0 Å². The van der Waals surface area contributed by atoms with Crippen molar-refractivity contribution in [3.05, 3.63) is 11.8 Å². The molecule has 6 aliphatic heterocycles. The van der Waals surface area contributed by atoms with E-state index in [1.807, 2.05) is 0 Å². The number of hydrogen-bond acceptors (Lipinski definition) is 2. The molecular weight excluding hydrogens is 208 g/mol. The summed E-state index contributed by atoms with van der Waals surface area (Å²) in [5, 5.41) is 0. The first kappa shape index (κ1) is 8.58. The first-order valence-corrected chi connectivity index (χ1v) is 7.66. The number of nitrogens with zero attached hydrogens (tertiary/aromatic N) is 2. The fourth-order valence-corrected chi connectivity index (χ4v) is 6.99. The average Bonchev–Trinajstić information content (AvgIpc) is 2.97. The van der Waals surface area contributed by atoms with Crippen molar-refractivity contribution in [1.29, 1.82) is 0 Å². The molecule has 6 aliphatic rings. The molecule has 90 valence electrons. The highest BCUT2D eigenvalue weighted by Crippen LogP contribution is 2.69. The Bertz CT molecular complexity index is 450. The van der Waals surface area contributed by atoms with Crippen molar-refractivity contribution in [2.24, 2.45) is 11.8 Å². The van der Waals surface area contributed by atoms with Crippen LogP contribution in [0.4, 0.5) is 0 Å². The van der Waals surface area contributed by atoms with Crippen molar-refractivity contribution in [2.75, 3.05) is 0 Å². The van der Waals surface area contributed by atoms with Crippen molar-refractivity contribution in [3.8, 4) is 0 Å². The molecule has 2 nitrogen and oxygen atoms in total. The lowest BCUT2D eigenvalue weighted by Gasteiger charge is -2.42. The summed E-state index contributed by atoms with van der Waals surface area (Å²) in [6, 6.07) is 2.84. The van der Waals surface area contributed by atoms with E-state index in [1.165, 1.54) is 44.9 Å². The van der Waals surface area contributed by atoms with Crippen molar-refractivity contribution >= 4 is 0 Å². The fourth-order valence-electron chi connectivity index (χ4n) is 6.99. The summed E-state index contributed by atoms with van der Waals surface area (Å²) in [6.07, 6.45) is 12.9. The molecule has 5 saturated heterocycles. The van der Waals surface area contributed by atoms with E-state index in [1.54, 1.807) is 5.70 Å². The predicted molar refractivity (Wildman–Crippen MR) is 65.2 cm³/mol. The minimum atomic E-state index is 0.554. The standard InChI is InChI=1S/C15H20N2/c1-2-12-6-10-8-14-4-3-13-7-9-5-11(1)16(12)15(9,10)17(13)14/h1,9-10,12-14H,2-8H2/t9?,10?,12?,13?,14?,15-/m0/s1. The third-order valence-electron chi connectivity index (χ3n) is 7.05. The van der Waals surface area contributed by atoms with Gasteiger partial charge in [0.05, 0.1) is 0 Å². The summed E-state index contributed by atoms with van der Waals surface area (Å²) < 4.78 is 0. The summed E-state index contributed by atoms with van der Waals surface area (Å²) in [5.41, 5.74) is 2.30. The van der Waals surface area contributed by atoms with E-state index in [4.69, 9.17) is 0 Å². The summed E-state index contributed by atoms with van der Waals surface area (Å²) >= 11 is 0. The van der Waals surface area contributed by atoms with Gasteiger partial charge in [-0.25, -0.2) is 0 Å². The summed E-state index contributed by atoms with van der Waals surface area (Å²) in [6.45, 7) is 0. The smallest absolute Gasteiger partial charge is 0.100 e. The van der Waals surface area contributed by atoms with Crippen LogP contribution in [0.2, 0.25) is 0 Å². The maximum atomic E-state index is 3.04. The summed E-state index contributed by atoms with van der Waals surface area (Å²) in [7, 11) is 0. The zero-order valence-electron chi connectivity index (χ0n) is 10.3. The molecule has 1 spiro atoms. The highest BCUT2D eigenvalue weighted by atomic mass is 15.5. The third kappa shape index (κ3) is 0.658. The molecule has 0 radical (unpaired) electrons. The van der Waals surface area contributed by atoms with Crippen molar-refractivity contribution in [1.82, 2.24) is 9.80 Å². The summed E-state index contributed by atoms with van der Waals surface area (Å²) in [5.74, 6) is 2.03. The second-order valence-electron chi connectivity index (χ2n) is 7.34. The van der Waals surface area contributed by atoms with Gasteiger partial charge in [0.25, 0.3) is 0 Å². The maximum absolute atomic E-state index is 3.04. The van der Waals surface area contributed by atoms with Gasteiger partial charge in [-0.15, -0.1) is 0 Å². The molecule has 0 N–H and O–H groups in total. The molecule has 0 aromatic carbocycles. The predicted octanol–water partition coefficient (Wildman–Crippen LogP) is 2.32. The number of rotatable bonds is 0.